The highest BCUT2D eigenvalue weighted by Gasteiger charge is 2.21. The van der Waals surface area contributed by atoms with Gasteiger partial charge in [0.15, 0.2) is 9.84 Å². The molecule has 1 amide bonds. The molecule has 27 heavy (non-hydrogen) atoms. The second-order valence-electron chi connectivity index (χ2n) is 6.09. The third-order valence-electron chi connectivity index (χ3n) is 4.01. The lowest BCUT2D eigenvalue weighted by Crippen LogP contribution is -2.27. The molecule has 0 saturated carbocycles. The molecule has 0 fully saturated rings. The largest absolute Gasteiger partial charge is 0.416 e. The van der Waals surface area contributed by atoms with Crippen LogP contribution in [0.4, 0.5) is 0 Å². The van der Waals surface area contributed by atoms with Gasteiger partial charge in [0.2, 0.25) is 5.89 Å². The van der Waals surface area contributed by atoms with Crippen molar-refractivity contribution < 1.29 is 17.6 Å². The van der Waals surface area contributed by atoms with E-state index in [1.807, 2.05) is 37.3 Å². The predicted octanol–water partition coefficient (Wildman–Crippen LogP) is 2.58. The van der Waals surface area contributed by atoms with Crippen molar-refractivity contribution in [2.45, 2.75) is 23.5 Å². The summed E-state index contributed by atoms with van der Waals surface area (Å²) in [7, 11) is -3.62. The van der Waals surface area contributed by atoms with Gasteiger partial charge in [-0.3, -0.25) is 4.79 Å². The summed E-state index contributed by atoms with van der Waals surface area (Å²) in [5.74, 6) is -1.27. The van der Waals surface area contributed by atoms with Crippen molar-refractivity contribution >= 4 is 15.7 Å². The van der Waals surface area contributed by atoms with Gasteiger partial charge in [-0.15, -0.1) is 10.2 Å². The lowest BCUT2D eigenvalue weighted by molar-refractivity contribution is 0.0915. The highest BCUT2D eigenvalue weighted by Crippen LogP contribution is 2.16. The van der Waals surface area contributed by atoms with Crippen LogP contribution >= 0.6 is 0 Å². The zero-order valence-electron chi connectivity index (χ0n) is 14.7. The molecule has 0 aliphatic rings. The molecule has 0 bridgehead atoms. The summed E-state index contributed by atoms with van der Waals surface area (Å²) >= 11 is 0. The van der Waals surface area contributed by atoms with Gasteiger partial charge in [0.1, 0.15) is 5.75 Å². The van der Waals surface area contributed by atoms with Crippen LogP contribution in [0.1, 0.15) is 35.0 Å². The number of carbonyl (C=O) groups is 1. The number of nitrogens with zero attached hydrogens (tertiary/aromatic N) is 2. The van der Waals surface area contributed by atoms with Gasteiger partial charge in [-0.05, 0) is 23.6 Å². The highest BCUT2D eigenvalue weighted by molar-refractivity contribution is 7.90. The Morgan fingerprint density at radius 2 is 1.67 bits per heavy atom. The van der Waals surface area contributed by atoms with E-state index in [4.69, 9.17) is 4.42 Å². The van der Waals surface area contributed by atoms with E-state index >= 15 is 0 Å². The number of amides is 1. The van der Waals surface area contributed by atoms with E-state index in [1.165, 1.54) is 12.1 Å². The van der Waals surface area contributed by atoms with Gasteiger partial charge >= 0.3 is 11.8 Å². The number of sulfone groups is 1. The van der Waals surface area contributed by atoms with Gasteiger partial charge in [0.25, 0.3) is 0 Å². The van der Waals surface area contributed by atoms with Crippen LogP contribution in [0.5, 0.6) is 0 Å². The third kappa shape index (κ3) is 4.79. The normalized spacial score (nSPS) is 12.5. The fourth-order valence-corrected chi connectivity index (χ4v) is 3.68. The molecule has 2 aromatic carbocycles. The molecular formula is C19H19N3O4S. The molecule has 3 aromatic rings. The summed E-state index contributed by atoms with van der Waals surface area (Å²) in [5.41, 5.74) is 1.10. The van der Waals surface area contributed by atoms with Gasteiger partial charge in [-0.2, -0.15) is 0 Å². The molecule has 0 aliphatic carbocycles. The van der Waals surface area contributed by atoms with Gasteiger partial charge in [0.05, 0.1) is 4.90 Å². The second-order valence-corrected chi connectivity index (χ2v) is 8.08. The van der Waals surface area contributed by atoms with Crippen molar-refractivity contribution in [2.75, 3.05) is 6.54 Å². The number of nitrogens with one attached hydrogen (secondary N) is 1. The van der Waals surface area contributed by atoms with Gasteiger partial charge in [-0.25, -0.2) is 8.42 Å². The molecule has 0 unspecified atom stereocenters. The van der Waals surface area contributed by atoms with Crippen molar-refractivity contribution in [3.8, 4) is 0 Å². The molecule has 1 aromatic heterocycles. The minimum absolute atomic E-state index is 0.107. The first-order valence-corrected chi connectivity index (χ1v) is 10.0. The Kier molecular flexibility index (Phi) is 5.66. The molecule has 0 spiro atoms. The molecule has 3 rings (SSSR count). The van der Waals surface area contributed by atoms with Gasteiger partial charge in [0, 0.05) is 6.54 Å². The SMILES string of the molecule is C[C@H](CNC(=O)c1nnc(CS(=O)(=O)c2ccccc2)o1)c1ccccc1. The van der Waals surface area contributed by atoms with Crippen LogP contribution in [0.25, 0.3) is 0 Å². The number of aromatic nitrogens is 2. The smallest absolute Gasteiger partial charge is 0.308 e. The average molecular weight is 385 g/mol. The lowest BCUT2D eigenvalue weighted by atomic mass is 10.0. The Morgan fingerprint density at radius 1 is 1.04 bits per heavy atom. The molecule has 1 heterocycles. The predicted molar refractivity (Wildman–Crippen MR) is 98.8 cm³/mol. The lowest BCUT2D eigenvalue weighted by Gasteiger charge is -2.11. The minimum atomic E-state index is -3.62. The highest BCUT2D eigenvalue weighted by atomic mass is 32.2. The number of benzene rings is 2. The van der Waals surface area contributed by atoms with E-state index < -0.39 is 21.5 Å². The number of rotatable bonds is 7. The zero-order valence-corrected chi connectivity index (χ0v) is 15.5. The van der Waals surface area contributed by atoms with Gasteiger partial charge in [-0.1, -0.05) is 55.5 Å². The third-order valence-corrected chi connectivity index (χ3v) is 5.63. The van der Waals surface area contributed by atoms with E-state index in [-0.39, 0.29) is 22.6 Å². The van der Waals surface area contributed by atoms with Crippen molar-refractivity contribution in [3.05, 3.63) is 78.0 Å². The molecule has 0 aliphatic heterocycles. The molecule has 0 saturated heterocycles. The fraction of sp³-hybridized carbons (Fsp3) is 0.211. The van der Waals surface area contributed by atoms with Crippen molar-refractivity contribution in [1.29, 1.82) is 0 Å². The first-order chi connectivity index (χ1) is 13.0. The summed E-state index contributed by atoms with van der Waals surface area (Å²) in [6.45, 7) is 2.38. The van der Waals surface area contributed by atoms with Crippen LogP contribution in [-0.2, 0) is 15.6 Å². The van der Waals surface area contributed by atoms with Crippen LogP contribution in [0.15, 0.2) is 70.0 Å². The molecule has 8 heteroatoms. The summed E-state index contributed by atoms with van der Waals surface area (Å²) < 4.78 is 29.9. The van der Waals surface area contributed by atoms with Crippen LogP contribution < -0.4 is 5.32 Å². The maximum absolute atomic E-state index is 12.3. The molecule has 7 nitrogen and oxygen atoms in total. The van der Waals surface area contributed by atoms with E-state index in [2.05, 4.69) is 15.5 Å². The first kappa shape index (κ1) is 18.8. The van der Waals surface area contributed by atoms with Crippen LogP contribution in [0, 0.1) is 0 Å². The Morgan fingerprint density at radius 3 is 2.33 bits per heavy atom. The summed E-state index contributed by atoms with van der Waals surface area (Å²) in [6.07, 6.45) is 0. The number of hydrogen-bond donors (Lipinski definition) is 1. The van der Waals surface area contributed by atoms with Crippen molar-refractivity contribution in [1.82, 2.24) is 15.5 Å². The zero-order chi connectivity index (χ0) is 19.3. The molecule has 140 valence electrons. The second kappa shape index (κ2) is 8.13. The van der Waals surface area contributed by atoms with Crippen LogP contribution in [0.2, 0.25) is 0 Å². The van der Waals surface area contributed by atoms with E-state index in [9.17, 15) is 13.2 Å². The van der Waals surface area contributed by atoms with Crippen molar-refractivity contribution in [2.24, 2.45) is 0 Å². The fourth-order valence-electron chi connectivity index (χ4n) is 2.50. The van der Waals surface area contributed by atoms with Crippen molar-refractivity contribution in [3.63, 3.8) is 0 Å². The van der Waals surface area contributed by atoms with Crippen LogP contribution in [0.3, 0.4) is 0 Å². The standard InChI is InChI=1S/C19H19N3O4S/c1-14(15-8-4-2-5-9-15)12-20-18(23)19-22-21-17(26-19)13-27(24,25)16-10-6-3-7-11-16/h2-11,14H,12-13H2,1H3,(H,20,23)/t14-/m1/s1. The minimum Gasteiger partial charge on any atom is -0.416 e. The van der Waals surface area contributed by atoms with E-state index in [1.54, 1.807) is 18.2 Å². The Labute approximate surface area is 157 Å². The van der Waals surface area contributed by atoms with E-state index in [0.29, 0.717) is 6.54 Å². The monoisotopic (exact) mass is 385 g/mol. The molecule has 1 atom stereocenters. The maximum Gasteiger partial charge on any atom is 0.308 e. The Bertz CT molecular complexity index is 1000. The Balaban J connectivity index is 1.61. The molecule has 0 radical (unpaired) electrons. The first-order valence-electron chi connectivity index (χ1n) is 8.39. The number of carbonyl (C=O) groups excluding carboxylic acids is 1. The summed E-state index contributed by atoms with van der Waals surface area (Å²) in [4.78, 5) is 12.3. The summed E-state index contributed by atoms with van der Waals surface area (Å²) in [6, 6.07) is 17.7. The molecular weight excluding hydrogens is 366 g/mol. The molecule has 1 N–H and O–H groups in total. The number of hydrogen-bond acceptors (Lipinski definition) is 6. The van der Waals surface area contributed by atoms with E-state index in [0.717, 1.165) is 5.56 Å². The van der Waals surface area contributed by atoms with Gasteiger partial charge < -0.3 is 9.73 Å². The maximum atomic E-state index is 12.3. The Hall–Kier alpha value is -3.00. The van der Waals surface area contributed by atoms with Crippen LogP contribution in [-0.4, -0.2) is 31.1 Å². The quantitative estimate of drug-likeness (QED) is 0.671. The summed E-state index contributed by atoms with van der Waals surface area (Å²) in [5, 5.41) is 10.0. The topological polar surface area (TPSA) is 102 Å². The average Bonchev–Trinajstić information content (AvgIpc) is 3.15.